The van der Waals surface area contributed by atoms with Crippen molar-refractivity contribution in [1.29, 1.82) is 0 Å². The van der Waals surface area contributed by atoms with Crippen LogP contribution in [-0.4, -0.2) is 37.7 Å². The molecule has 10 heteroatoms. The number of benzene rings is 1. The second-order valence-corrected chi connectivity index (χ2v) is 7.95. The van der Waals surface area contributed by atoms with Crippen molar-refractivity contribution in [2.45, 2.75) is 11.8 Å². The van der Waals surface area contributed by atoms with Gasteiger partial charge in [-0.1, -0.05) is 11.6 Å². The van der Waals surface area contributed by atoms with E-state index in [-0.39, 0.29) is 21.8 Å². The number of sulfonamides is 1. The Hall–Kier alpha value is -2.23. The maximum absolute atomic E-state index is 12.3. The van der Waals surface area contributed by atoms with Crippen molar-refractivity contribution in [2.24, 2.45) is 5.41 Å². The first kappa shape index (κ1) is 17.6. The van der Waals surface area contributed by atoms with Gasteiger partial charge in [-0.25, -0.2) is 8.42 Å². The summed E-state index contributed by atoms with van der Waals surface area (Å²) in [5, 5.41) is 10.1. The molecular formula is C15H15ClN4O4S. The summed E-state index contributed by atoms with van der Waals surface area (Å²) in [6.45, 7) is 2.55. The second kappa shape index (κ2) is 6.58. The van der Waals surface area contributed by atoms with Crippen LogP contribution in [0.15, 0.2) is 41.3 Å². The van der Waals surface area contributed by atoms with Gasteiger partial charge in [-0.3, -0.25) is 9.52 Å². The average Bonchev–Trinajstić information content (AvgIpc) is 2.55. The van der Waals surface area contributed by atoms with Crippen LogP contribution >= 0.6 is 11.6 Å². The Morgan fingerprint density at radius 3 is 2.36 bits per heavy atom. The number of carbonyl (C=O) groups is 1. The summed E-state index contributed by atoms with van der Waals surface area (Å²) >= 11 is 5.61. The van der Waals surface area contributed by atoms with E-state index in [1.165, 1.54) is 36.4 Å². The van der Waals surface area contributed by atoms with Crippen LogP contribution in [0, 0.1) is 5.41 Å². The third kappa shape index (κ3) is 3.89. The molecule has 3 rings (SSSR count). The summed E-state index contributed by atoms with van der Waals surface area (Å²) in [5.41, 5.74) is -0.0390. The lowest BCUT2D eigenvalue weighted by molar-refractivity contribution is -0.151. The van der Waals surface area contributed by atoms with E-state index in [0.29, 0.717) is 18.9 Å². The summed E-state index contributed by atoms with van der Waals surface area (Å²) in [7, 11) is -3.82. The lowest BCUT2D eigenvalue weighted by Gasteiger charge is -2.36. The SMILES string of the molecule is CC1(C(=O)Nc2ccc(S(=O)(=O)Nc3ccc(Cl)nn3)cc2)COC1. The van der Waals surface area contributed by atoms with Crippen molar-refractivity contribution in [2.75, 3.05) is 23.3 Å². The summed E-state index contributed by atoms with van der Waals surface area (Å²) in [6.07, 6.45) is 0. The Bertz CT molecular complexity index is 881. The van der Waals surface area contributed by atoms with Crippen LogP contribution in [0.3, 0.4) is 0 Å². The minimum absolute atomic E-state index is 0.0282. The van der Waals surface area contributed by atoms with Crippen molar-refractivity contribution in [1.82, 2.24) is 10.2 Å². The molecule has 1 amide bonds. The van der Waals surface area contributed by atoms with E-state index in [1.807, 2.05) is 6.92 Å². The van der Waals surface area contributed by atoms with Gasteiger partial charge in [0.25, 0.3) is 10.0 Å². The van der Waals surface area contributed by atoms with E-state index in [2.05, 4.69) is 20.2 Å². The van der Waals surface area contributed by atoms with E-state index in [9.17, 15) is 13.2 Å². The van der Waals surface area contributed by atoms with Crippen LogP contribution in [0.5, 0.6) is 0 Å². The van der Waals surface area contributed by atoms with Gasteiger partial charge in [0.15, 0.2) is 11.0 Å². The fourth-order valence-electron chi connectivity index (χ4n) is 2.11. The van der Waals surface area contributed by atoms with Gasteiger partial charge in [-0.05, 0) is 43.3 Å². The highest BCUT2D eigenvalue weighted by molar-refractivity contribution is 7.92. The fourth-order valence-corrected chi connectivity index (χ4v) is 3.20. The number of ether oxygens (including phenoxy) is 1. The monoisotopic (exact) mass is 382 g/mol. The van der Waals surface area contributed by atoms with E-state index in [0.717, 1.165) is 0 Å². The lowest BCUT2D eigenvalue weighted by atomic mass is 9.87. The van der Waals surface area contributed by atoms with Gasteiger partial charge in [0.1, 0.15) is 0 Å². The highest BCUT2D eigenvalue weighted by Gasteiger charge is 2.41. The van der Waals surface area contributed by atoms with Gasteiger partial charge in [-0.2, -0.15) is 0 Å². The van der Waals surface area contributed by atoms with Crippen LogP contribution < -0.4 is 10.0 Å². The van der Waals surface area contributed by atoms with Crippen molar-refractivity contribution < 1.29 is 17.9 Å². The molecule has 0 radical (unpaired) electrons. The highest BCUT2D eigenvalue weighted by Crippen LogP contribution is 2.28. The van der Waals surface area contributed by atoms with Gasteiger partial charge in [0, 0.05) is 5.69 Å². The number of halogens is 1. The molecule has 2 aromatic rings. The predicted octanol–water partition coefficient (Wildman–Crippen LogP) is 1.91. The van der Waals surface area contributed by atoms with Gasteiger partial charge in [0.2, 0.25) is 5.91 Å². The maximum atomic E-state index is 12.3. The molecule has 0 aliphatic carbocycles. The second-order valence-electron chi connectivity index (χ2n) is 5.88. The zero-order chi connectivity index (χ0) is 18.1. The summed E-state index contributed by atoms with van der Waals surface area (Å²) in [6, 6.07) is 8.65. The standard InChI is InChI=1S/C15H15ClN4O4S/c1-15(8-24-9-15)14(21)17-10-2-4-11(5-3-10)25(22,23)20-13-7-6-12(16)18-19-13/h2-7H,8-9H2,1H3,(H,17,21)(H,19,20). The van der Waals surface area contributed by atoms with Crippen molar-refractivity contribution in [3.8, 4) is 0 Å². The molecule has 0 atom stereocenters. The summed E-state index contributed by atoms with van der Waals surface area (Å²) < 4.78 is 32.0. The van der Waals surface area contributed by atoms with Crippen LogP contribution in [0.25, 0.3) is 0 Å². The van der Waals surface area contributed by atoms with Gasteiger partial charge in [0.05, 0.1) is 23.5 Å². The van der Waals surface area contributed by atoms with Crippen molar-refractivity contribution in [3.63, 3.8) is 0 Å². The molecule has 25 heavy (non-hydrogen) atoms. The van der Waals surface area contributed by atoms with Gasteiger partial charge >= 0.3 is 0 Å². The number of aromatic nitrogens is 2. The number of nitrogens with one attached hydrogen (secondary N) is 2. The number of anilines is 2. The van der Waals surface area contributed by atoms with Gasteiger partial charge in [-0.15, -0.1) is 10.2 Å². The zero-order valence-electron chi connectivity index (χ0n) is 13.2. The maximum Gasteiger partial charge on any atom is 0.263 e. The molecule has 8 nitrogen and oxygen atoms in total. The fraction of sp³-hybridized carbons (Fsp3) is 0.267. The molecule has 0 spiro atoms. The number of hydrogen-bond donors (Lipinski definition) is 2. The largest absolute Gasteiger partial charge is 0.379 e. The van der Waals surface area contributed by atoms with E-state index in [4.69, 9.17) is 16.3 Å². The molecule has 1 aromatic heterocycles. The summed E-state index contributed by atoms with van der Waals surface area (Å²) in [5.74, 6) is -0.108. The number of rotatable bonds is 5. The molecular weight excluding hydrogens is 368 g/mol. The Morgan fingerprint density at radius 1 is 1.16 bits per heavy atom. The molecule has 1 aromatic carbocycles. The van der Waals surface area contributed by atoms with Crippen LogP contribution in [0.1, 0.15) is 6.92 Å². The smallest absolute Gasteiger partial charge is 0.263 e. The first-order chi connectivity index (χ1) is 11.8. The average molecular weight is 383 g/mol. The minimum atomic E-state index is -3.82. The third-order valence-corrected chi connectivity index (χ3v) is 5.26. The normalized spacial score (nSPS) is 15.9. The van der Waals surface area contributed by atoms with E-state index in [1.54, 1.807) is 0 Å². The molecule has 1 saturated heterocycles. The van der Waals surface area contributed by atoms with Crippen LogP contribution in [-0.2, 0) is 19.6 Å². The van der Waals surface area contributed by atoms with Crippen molar-refractivity contribution >= 4 is 39.0 Å². The molecule has 0 saturated carbocycles. The van der Waals surface area contributed by atoms with Crippen LogP contribution in [0.2, 0.25) is 5.15 Å². The van der Waals surface area contributed by atoms with Crippen LogP contribution in [0.4, 0.5) is 11.5 Å². The Labute approximate surface area is 149 Å². The molecule has 132 valence electrons. The number of carbonyl (C=O) groups excluding carboxylic acids is 1. The number of nitrogens with zero attached hydrogens (tertiary/aromatic N) is 2. The first-order valence-electron chi connectivity index (χ1n) is 7.30. The molecule has 1 fully saturated rings. The van der Waals surface area contributed by atoms with E-state index < -0.39 is 15.4 Å². The zero-order valence-corrected chi connectivity index (χ0v) is 14.8. The Kier molecular flexibility index (Phi) is 4.63. The molecule has 2 N–H and O–H groups in total. The molecule has 2 heterocycles. The Balaban J connectivity index is 1.70. The van der Waals surface area contributed by atoms with Gasteiger partial charge < -0.3 is 10.1 Å². The van der Waals surface area contributed by atoms with Crippen molar-refractivity contribution in [3.05, 3.63) is 41.6 Å². The Morgan fingerprint density at radius 2 is 1.84 bits per heavy atom. The number of hydrogen-bond acceptors (Lipinski definition) is 6. The molecule has 1 aliphatic rings. The quantitative estimate of drug-likeness (QED) is 0.817. The van der Waals surface area contributed by atoms with E-state index >= 15 is 0 Å². The summed E-state index contributed by atoms with van der Waals surface area (Å²) in [4.78, 5) is 12.1. The topological polar surface area (TPSA) is 110 Å². The molecule has 0 unspecified atom stereocenters. The predicted molar refractivity (Wildman–Crippen MR) is 91.8 cm³/mol. The molecule has 1 aliphatic heterocycles. The third-order valence-electron chi connectivity index (χ3n) is 3.68. The lowest BCUT2D eigenvalue weighted by Crippen LogP contribution is -2.49. The first-order valence-corrected chi connectivity index (χ1v) is 9.16. The molecule has 0 bridgehead atoms. The number of amides is 1. The highest BCUT2D eigenvalue weighted by atomic mass is 35.5. The minimum Gasteiger partial charge on any atom is -0.379 e.